The zero-order valence-corrected chi connectivity index (χ0v) is 9.83. The predicted octanol–water partition coefficient (Wildman–Crippen LogP) is 0.666. The molecule has 1 unspecified atom stereocenters. The van der Waals surface area contributed by atoms with Crippen LogP contribution < -0.4 is 10.6 Å². The van der Waals surface area contributed by atoms with Crippen LogP contribution in [0.4, 0.5) is 4.79 Å². The lowest BCUT2D eigenvalue weighted by molar-refractivity contribution is -0.142. The first-order valence-electron chi connectivity index (χ1n) is 5.13. The molecule has 0 saturated heterocycles. The molecule has 0 bridgehead atoms. The third-order valence-electron chi connectivity index (χ3n) is 2.12. The van der Waals surface area contributed by atoms with E-state index in [1.54, 1.807) is 20.8 Å². The zero-order chi connectivity index (χ0) is 12.6. The van der Waals surface area contributed by atoms with E-state index in [9.17, 15) is 9.59 Å². The number of hydrogen-bond acceptors (Lipinski definition) is 2. The molecule has 5 heteroatoms. The van der Waals surface area contributed by atoms with Crippen molar-refractivity contribution in [3.8, 4) is 11.8 Å². The smallest absolute Gasteiger partial charge is 0.315 e. The molecule has 3 N–H and O–H groups in total. The predicted molar refractivity (Wildman–Crippen MR) is 60.8 cm³/mol. The van der Waals surface area contributed by atoms with Crippen LogP contribution in [0.2, 0.25) is 0 Å². The average molecular weight is 226 g/mol. The lowest BCUT2D eigenvalue weighted by Gasteiger charge is -2.16. The van der Waals surface area contributed by atoms with Gasteiger partial charge in [-0.2, -0.15) is 0 Å². The van der Waals surface area contributed by atoms with E-state index >= 15 is 0 Å². The van der Waals surface area contributed by atoms with Crippen molar-refractivity contribution in [1.29, 1.82) is 0 Å². The Morgan fingerprint density at radius 3 is 2.38 bits per heavy atom. The summed E-state index contributed by atoms with van der Waals surface area (Å²) in [4.78, 5) is 22.0. The van der Waals surface area contributed by atoms with Gasteiger partial charge in [0.25, 0.3) is 0 Å². The summed E-state index contributed by atoms with van der Waals surface area (Å²) in [6.45, 7) is 5.68. The van der Waals surface area contributed by atoms with E-state index in [0.29, 0.717) is 0 Å². The van der Waals surface area contributed by atoms with Gasteiger partial charge >= 0.3 is 12.0 Å². The van der Waals surface area contributed by atoms with Crippen LogP contribution >= 0.6 is 0 Å². The summed E-state index contributed by atoms with van der Waals surface area (Å²) in [5.41, 5.74) is 0. The van der Waals surface area contributed by atoms with Gasteiger partial charge in [-0.1, -0.05) is 19.8 Å². The van der Waals surface area contributed by atoms with Gasteiger partial charge < -0.3 is 15.7 Å². The van der Waals surface area contributed by atoms with Crippen molar-refractivity contribution in [2.45, 2.75) is 20.8 Å². The van der Waals surface area contributed by atoms with Gasteiger partial charge in [-0.15, -0.1) is 5.92 Å². The molecule has 0 aliphatic rings. The Bertz CT molecular complexity index is 302. The second-order valence-electron chi connectivity index (χ2n) is 3.68. The fourth-order valence-corrected chi connectivity index (χ4v) is 1.09. The summed E-state index contributed by atoms with van der Waals surface area (Å²) in [7, 11) is 0. The largest absolute Gasteiger partial charge is 0.481 e. The van der Waals surface area contributed by atoms with E-state index in [4.69, 9.17) is 5.11 Å². The van der Waals surface area contributed by atoms with Crippen LogP contribution in [-0.2, 0) is 4.79 Å². The van der Waals surface area contributed by atoms with Crippen molar-refractivity contribution >= 4 is 12.0 Å². The number of carbonyl (C=O) groups excluding carboxylic acids is 1. The van der Waals surface area contributed by atoms with Crippen molar-refractivity contribution in [2.24, 2.45) is 11.8 Å². The van der Waals surface area contributed by atoms with Crippen LogP contribution in [0, 0.1) is 23.7 Å². The molecule has 1 atom stereocenters. The Labute approximate surface area is 95.6 Å². The van der Waals surface area contributed by atoms with Crippen molar-refractivity contribution in [1.82, 2.24) is 10.6 Å². The first-order valence-corrected chi connectivity index (χ1v) is 5.13. The second kappa shape index (κ2) is 7.57. The molecule has 0 aromatic rings. The van der Waals surface area contributed by atoms with E-state index in [1.165, 1.54) is 0 Å². The van der Waals surface area contributed by atoms with Crippen molar-refractivity contribution in [3.63, 3.8) is 0 Å². The van der Waals surface area contributed by atoms with E-state index in [2.05, 4.69) is 22.5 Å². The first-order chi connectivity index (χ1) is 7.49. The van der Waals surface area contributed by atoms with Crippen molar-refractivity contribution < 1.29 is 14.7 Å². The number of carbonyl (C=O) groups is 2. The molecule has 0 aliphatic carbocycles. The molecule has 0 aromatic heterocycles. The highest BCUT2D eigenvalue weighted by Gasteiger charge is 2.21. The summed E-state index contributed by atoms with van der Waals surface area (Å²) in [5, 5.41) is 13.9. The van der Waals surface area contributed by atoms with Crippen LogP contribution in [0.15, 0.2) is 0 Å². The molecule has 0 saturated carbocycles. The maximum absolute atomic E-state index is 11.2. The normalized spacial score (nSPS) is 11.2. The molecule has 5 nitrogen and oxygen atoms in total. The molecule has 90 valence electrons. The molecule has 0 aromatic carbocycles. The Hall–Kier alpha value is -1.70. The number of hydrogen-bond donors (Lipinski definition) is 3. The van der Waals surface area contributed by atoms with Gasteiger partial charge in [0.05, 0.1) is 12.5 Å². The van der Waals surface area contributed by atoms with Crippen LogP contribution in [0.25, 0.3) is 0 Å². The highest BCUT2D eigenvalue weighted by Crippen LogP contribution is 2.09. The average Bonchev–Trinajstić information content (AvgIpc) is 2.17. The van der Waals surface area contributed by atoms with E-state index < -0.39 is 17.9 Å². The Kier molecular flexibility index (Phi) is 6.77. The monoisotopic (exact) mass is 226 g/mol. The molecular weight excluding hydrogens is 208 g/mol. The standard InChI is InChI=1S/C11H18N2O3/c1-4-5-6-12-11(16)13-7-9(8(2)3)10(14)15/h8-9H,6-7H2,1-3H3,(H,14,15)(H2,12,13,16). The first kappa shape index (κ1) is 14.3. The van der Waals surface area contributed by atoms with Gasteiger partial charge in [-0.25, -0.2) is 4.79 Å². The maximum Gasteiger partial charge on any atom is 0.315 e. The van der Waals surface area contributed by atoms with Crippen molar-refractivity contribution in [2.75, 3.05) is 13.1 Å². The number of nitrogens with one attached hydrogen (secondary N) is 2. The Balaban J connectivity index is 3.95. The molecule has 16 heavy (non-hydrogen) atoms. The van der Waals surface area contributed by atoms with E-state index in [-0.39, 0.29) is 19.0 Å². The molecule has 0 spiro atoms. The minimum atomic E-state index is -0.899. The van der Waals surface area contributed by atoms with Crippen molar-refractivity contribution in [3.05, 3.63) is 0 Å². The number of carboxylic acids is 1. The SMILES string of the molecule is CC#CCNC(=O)NCC(C(=O)O)C(C)C. The Morgan fingerprint density at radius 1 is 1.31 bits per heavy atom. The van der Waals surface area contributed by atoms with Gasteiger partial charge in [0.15, 0.2) is 0 Å². The highest BCUT2D eigenvalue weighted by molar-refractivity contribution is 5.76. The summed E-state index contributed by atoms with van der Waals surface area (Å²) >= 11 is 0. The molecule has 2 amide bonds. The molecular formula is C11H18N2O3. The van der Waals surface area contributed by atoms with Gasteiger partial charge in [0.1, 0.15) is 0 Å². The van der Waals surface area contributed by atoms with Gasteiger partial charge in [-0.3, -0.25) is 4.79 Å². The van der Waals surface area contributed by atoms with Crippen LogP contribution in [0.1, 0.15) is 20.8 Å². The van der Waals surface area contributed by atoms with Gasteiger partial charge in [0, 0.05) is 6.54 Å². The summed E-state index contributed by atoms with van der Waals surface area (Å²) < 4.78 is 0. The number of amides is 2. The third kappa shape index (κ3) is 5.91. The summed E-state index contributed by atoms with van der Waals surface area (Å²) in [6.07, 6.45) is 0. The number of aliphatic carboxylic acids is 1. The van der Waals surface area contributed by atoms with Crippen LogP contribution in [-0.4, -0.2) is 30.2 Å². The van der Waals surface area contributed by atoms with E-state index in [1.807, 2.05) is 0 Å². The van der Waals surface area contributed by atoms with Crippen LogP contribution in [0.3, 0.4) is 0 Å². The molecule has 0 aliphatic heterocycles. The third-order valence-corrected chi connectivity index (χ3v) is 2.12. The van der Waals surface area contributed by atoms with Crippen LogP contribution in [0.5, 0.6) is 0 Å². The number of rotatable bonds is 5. The number of carboxylic acid groups (broad SMARTS) is 1. The lowest BCUT2D eigenvalue weighted by Crippen LogP contribution is -2.41. The fraction of sp³-hybridized carbons (Fsp3) is 0.636. The molecule has 0 heterocycles. The fourth-order valence-electron chi connectivity index (χ4n) is 1.09. The molecule has 0 fully saturated rings. The molecule has 0 rings (SSSR count). The molecule has 0 radical (unpaired) electrons. The number of urea groups is 1. The minimum absolute atomic E-state index is 0.0202. The van der Waals surface area contributed by atoms with E-state index in [0.717, 1.165) is 0 Å². The lowest BCUT2D eigenvalue weighted by atomic mass is 9.96. The maximum atomic E-state index is 11.2. The zero-order valence-electron chi connectivity index (χ0n) is 9.83. The summed E-state index contributed by atoms with van der Waals surface area (Å²) in [5.74, 6) is 3.83. The minimum Gasteiger partial charge on any atom is -0.481 e. The second-order valence-corrected chi connectivity index (χ2v) is 3.68. The highest BCUT2D eigenvalue weighted by atomic mass is 16.4. The Morgan fingerprint density at radius 2 is 1.94 bits per heavy atom. The van der Waals surface area contributed by atoms with Gasteiger partial charge in [0.2, 0.25) is 0 Å². The quantitative estimate of drug-likeness (QED) is 0.603. The van der Waals surface area contributed by atoms with Gasteiger partial charge in [-0.05, 0) is 12.8 Å². The topological polar surface area (TPSA) is 78.4 Å². The summed E-state index contributed by atoms with van der Waals surface area (Å²) in [6, 6.07) is -0.394.